The van der Waals surface area contributed by atoms with Crippen molar-refractivity contribution in [1.29, 1.82) is 0 Å². The number of halogens is 7. The minimum atomic E-state index is -4.91. The number of hydrogen-bond acceptors (Lipinski definition) is 3. The number of carbonyl (C=O) groups excluding carboxylic acids is 1. The Hall–Kier alpha value is -2.79. The van der Waals surface area contributed by atoms with E-state index in [0.717, 1.165) is 10.7 Å². The van der Waals surface area contributed by atoms with E-state index in [2.05, 4.69) is 5.10 Å². The zero-order valence-electron chi connectivity index (χ0n) is 13.6. The summed E-state index contributed by atoms with van der Waals surface area (Å²) < 4.78 is 90.4. The molecule has 4 N–H and O–H groups in total. The lowest BCUT2D eigenvalue weighted by Gasteiger charge is -2.16. The third-order valence-electron chi connectivity index (χ3n) is 3.78. The number of rotatable bonds is 4. The minimum Gasteiger partial charge on any atom is -0.383 e. The lowest BCUT2D eigenvalue weighted by Crippen LogP contribution is -2.19. The number of nitrogens with two attached hydrogens (primary N) is 2. The van der Waals surface area contributed by atoms with Crippen LogP contribution in [0.5, 0.6) is 0 Å². The van der Waals surface area contributed by atoms with Crippen LogP contribution in [-0.2, 0) is 12.6 Å². The predicted octanol–water partition coefficient (Wildman–Crippen LogP) is 3.44. The lowest BCUT2D eigenvalue weighted by molar-refractivity contribution is -0.140. The third kappa shape index (κ3) is 4.31. The van der Waals surface area contributed by atoms with Crippen molar-refractivity contribution in [2.45, 2.75) is 31.7 Å². The molecule has 1 atom stereocenters. The van der Waals surface area contributed by atoms with Gasteiger partial charge >= 0.3 is 12.4 Å². The summed E-state index contributed by atoms with van der Waals surface area (Å²) in [7, 11) is 0. The molecule has 0 saturated heterocycles. The summed E-state index contributed by atoms with van der Waals surface area (Å²) in [5.74, 6) is -3.32. The van der Waals surface area contributed by atoms with E-state index in [1.165, 1.54) is 6.92 Å². The van der Waals surface area contributed by atoms with Crippen molar-refractivity contribution in [3.8, 4) is 0 Å². The van der Waals surface area contributed by atoms with Crippen LogP contribution in [0.1, 0.15) is 40.1 Å². The van der Waals surface area contributed by atoms with Crippen LogP contribution in [0.2, 0.25) is 0 Å². The summed E-state index contributed by atoms with van der Waals surface area (Å²) in [6, 6.07) is 0.932. The molecule has 12 heteroatoms. The van der Waals surface area contributed by atoms with E-state index in [-0.39, 0.29) is 5.56 Å². The maximum Gasteiger partial charge on any atom is 0.419 e. The van der Waals surface area contributed by atoms with Crippen LogP contribution in [0, 0.1) is 5.82 Å². The zero-order chi connectivity index (χ0) is 20.7. The molecule has 1 heterocycles. The van der Waals surface area contributed by atoms with Crippen molar-refractivity contribution in [3.63, 3.8) is 0 Å². The van der Waals surface area contributed by atoms with E-state index < -0.39 is 59.2 Å². The molecule has 2 aromatic rings. The molecule has 0 radical (unpaired) electrons. The zero-order valence-corrected chi connectivity index (χ0v) is 13.6. The molecule has 27 heavy (non-hydrogen) atoms. The van der Waals surface area contributed by atoms with Crippen LogP contribution in [0.15, 0.2) is 18.2 Å². The number of amides is 1. The van der Waals surface area contributed by atoms with Crippen LogP contribution in [0.3, 0.4) is 0 Å². The quantitative estimate of drug-likeness (QED) is 0.774. The van der Waals surface area contributed by atoms with Gasteiger partial charge in [-0.2, -0.15) is 31.4 Å². The number of primary amides is 1. The fourth-order valence-electron chi connectivity index (χ4n) is 2.54. The molecule has 0 aliphatic rings. The molecule has 0 spiro atoms. The first-order valence-electron chi connectivity index (χ1n) is 7.32. The second-order valence-electron chi connectivity index (χ2n) is 5.72. The van der Waals surface area contributed by atoms with Crippen LogP contribution in [0.25, 0.3) is 0 Å². The van der Waals surface area contributed by atoms with Gasteiger partial charge < -0.3 is 11.5 Å². The summed E-state index contributed by atoms with van der Waals surface area (Å²) in [5.41, 5.74) is 7.79. The molecular weight excluding hydrogens is 385 g/mol. The van der Waals surface area contributed by atoms with Crippen molar-refractivity contribution in [2.75, 3.05) is 5.73 Å². The molecule has 1 amide bonds. The maximum absolute atomic E-state index is 13.8. The Morgan fingerprint density at radius 2 is 1.81 bits per heavy atom. The Morgan fingerprint density at radius 1 is 1.22 bits per heavy atom. The molecule has 148 valence electrons. The number of benzene rings is 1. The van der Waals surface area contributed by atoms with Gasteiger partial charge in [0.15, 0.2) is 0 Å². The van der Waals surface area contributed by atoms with Crippen LogP contribution in [0.4, 0.5) is 36.6 Å². The topological polar surface area (TPSA) is 86.9 Å². The fourth-order valence-corrected chi connectivity index (χ4v) is 2.54. The van der Waals surface area contributed by atoms with E-state index in [9.17, 15) is 35.5 Å². The summed E-state index contributed by atoms with van der Waals surface area (Å²) >= 11 is 0. The van der Waals surface area contributed by atoms with Crippen molar-refractivity contribution in [2.24, 2.45) is 5.73 Å². The van der Waals surface area contributed by atoms with Crippen molar-refractivity contribution < 1.29 is 35.5 Å². The second kappa shape index (κ2) is 6.74. The largest absolute Gasteiger partial charge is 0.419 e. The number of alkyl halides is 6. The number of carbonyl (C=O) groups is 1. The van der Waals surface area contributed by atoms with Crippen molar-refractivity contribution in [3.05, 3.63) is 46.4 Å². The van der Waals surface area contributed by atoms with Crippen molar-refractivity contribution in [1.82, 2.24) is 9.78 Å². The Balaban J connectivity index is 2.50. The normalized spacial score (nSPS) is 13.6. The highest BCUT2D eigenvalue weighted by Gasteiger charge is 2.36. The number of nitrogen functional groups attached to an aromatic ring is 1. The number of hydrogen-bond donors (Lipinski definition) is 2. The summed E-state index contributed by atoms with van der Waals surface area (Å²) in [6.45, 7) is 1.31. The van der Waals surface area contributed by atoms with Gasteiger partial charge in [0, 0.05) is 0 Å². The molecule has 2 rings (SSSR count). The standard InChI is InChI=1S/C15H13F7N4O/c1-6(7-2-3-8(9(16)4-7)15(20,21)22)26-12(23)11(13(24)27)10(25-26)5-14(17,18)19/h2-4,6H,5,23H2,1H3,(H2,24,27). The molecule has 0 aliphatic heterocycles. The molecule has 1 aromatic heterocycles. The van der Waals surface area contributed by atoms with E-state index >= 15 is 0 Å². The monoisotopic (exact) mass is 398 g/mol. The Labute approximate surface area is 147 Å². The van der Waals surface area contributed by atoms with Gasteiger partial charge in [0.05, 0.1) is 23.7 Å². The van der Waals surface area contributed by atoms with Crippen LogP contribution >= 0.6 is 0 Å². The maximum atomic E-state index is 13.8. The minimum absolute atomic E-state index is 0.0516. The summed E-state index contributed by atoms with van der Waals surface area (Å²) in [5, 5.41) is 3.62. The van der Waals surface area contributed by atoms with Gasteiger partial charge in [-0.15, -0.1) is 0 Å². The molecule has 1 unspecified atom stereocenters. The predicted molar refractivity (Wildman–Crippen MR) is 80.1 cm³/mol. The van der Waals surface area contributed by atoms with E-state index in [1.54, 1.807) is 0 Å². The molecule has 0 aliphatic carbocycles. The average Bonchev–Trinajstić information content (AvgIpc) is 2.79. The molecule has 1 aromatic carbocycles. The highest BCUT2D eigenvalue weighted by Crippen LogP contribution is 2.34. The number of anilines is 1. The van der Waals surface area contributed by atoms with Gasteiger partial charge in [0.1, 0.15) is 17.2 Å². The summed E-state index contributed by atoms with van der Waals surface area (Å²) in [4.78, 5) is 11.4. The Morgan fingerprint density at radius 3 is 2.26 bits per heavy atom. The van der Waals surface area contributed by atoms with Gasteiger partial charge in [-0.25, -0.2) is 9.07 Å². The second-order valence-corrected chi connectivity index (χ2v) is 5.72. The molecule has 0 fully saturated rings. The average molecular weight is 398 g/mol. The number of aromatic nitrogens is 2. The Bertz CT molecular complexity index is 870. The van der Waals surface area contributed by atoms with E-state index in [1.807, 2.05) is 0 Å². The Kier molecular flexibility index (Phi) is 5.12. The first-order valence-corrected chi connectivity index (χ1v) is 7.32. The SMILES string of the molecule is CC(c1ccc(C(F)(F)F)c(F)c1)n1nc(CC(F)(F)F)c(C(N)=O)c1N. The van der Waals surface area contributed by atoms with Gasteiger partial charge in [-0.05, 0) is 24.6 Å². The highest BCUT2D eigenvalue weighted by molar-refractivity contribution is 5.98. The van der Waals surface area contributed by atoms with Gasteiger partial charge in [0.2, 0.25) is 0 Å². The van der Waals surface area contributed by atoms with Crippen LogP contribution in [-0.4, -0.2) is 21.9 Å². The number of nitrogens with zero attached hydrogens (tertiary/aromatic N) is 2. The molecular formula is C15H13F7N4O. The van der Waals surface area contributed by atoms with Gasteiger partial charge in [0.25, 0.3) is 5.91 Å². The van der Waals surface area contributed by atoms with Crippen molar-refractivity contribution >= 4 is 11.7 Å². The molecule has 0 bridgehead atoms. The smallest absolute Gasteiger partial charge is 0.383 e. The summed E-state index contributed by atoms with van der Waals surface area (Å²) in [6.07, 6.45) is -11.2. The highest BCUT2D eigenvalue weighted by atomic mass is 19.4. The van der Waals surface area contributed by atoms with Gasteiger partial charge in [-0.1, -0.05) is 6.07 Å². The van der Waals surface area contributed by atoms with E-state index in [0.29, 0.717) is 12.1 Å². The third-order valence-corrected chi connectivity index (χ3v) is 3.78. The van der Waals surface area contributed by atoms with E-state index in [4.69, 9.17) is 11.5 Å². The molecule has 0 saturated carbocycles. The molecule has 5 nitrogen and oxygen atoms in total. The lowest BCUT2D eigenvalue weighted by atomic mass is 10.1. The van der Waals surface area contributed by atoms with Crippen LogP contribution < -0.4 is 11.5 Å². The van der Waals surface area contributed by atoms with Gasteiger partial charge in [-0.3, -0.25) is 4.79 Å². The first-order chi connectivity index (χ1) is 12.2. The fraction of sp³-hybridized carbons (Fsp3) is 0.333. The first kappa shape index (κ1) is 20.5.